The third-order valence-corrected chi connectivity index (χ3v) is 4.92. The zero-order valence-corrected chi connectivity index (χ0v) is 15.7. The molecule has 0 aliphatic carbocycles. The van der Waals surface area contributed by atoms with Gasteiger partial charge >= 0.3 is 0 Å². The van der Waals surface area contributed by atoms with Crippen molar-refractivity contribution >= 4 is 11.8 Å². The fourth-order valence-electron chi connectivity index (χ4n) is 3.33. The molecule has 1 saturated heterocycles. The molecule has 1 unspecified atom stereocenters. The average Bonchev–Trinajstić information content (AvgIpc) is 2.84. The summed E-state index contributed by atoms with van der Waals surface area (Å²) in [5.41, 5.74) is 1.03. The van der Waals surface area contributed by atoms with E-state index in [1.807, 2.05) is 42.2 Å². The van der Waals surface area contributed by atoms with Gasteiger partial charge < -0.3 is 9.80 Å². The summed E-state index contributed by atoms with van der Waals surface area (Å²) in [6.07, 6.45) is 1.03. The monoisotopic (exact) mass is 368 g/mol. The van der Waals surface area contributed by atoms with Crippen molar-refractivity contribution < 1.29 is 9.59 Å². The average molecular weight is 368 g/mol. The lowest BCUT2D eigenvalue weighted by molar-refractivity contribution is -0.133. The van der Waals surface area contributed by atoms with Crippen molar-refractivity contribution in [3.8, 4) is 0 Å². The topological polar surface area (TPSA) is 75.5 Å². The van der Waals surface area contributed by atoms with E-state index < -0.39 is 0 Å². The molecule has 0 saturated carbocycles. The van der Waals surface area contributed by atoms with Crippen LogP contribution < -0.4 is 5.56 Å². The predicted molar refractivity (Wildman–Crippen MR) is 101 cm³/mol. The second-order valence-electron chi connectivity index (χ2n) is 6.75. The number of carbonyl (C=O) groups excluding carboxylic acids is 2. The van der Waals surface area contributed by atoms with Gasteiger partial charge in [-0.3, -0.25) is 14.4 Å². The smallest absolute Gasteiger partial charge is 0.274 e. The van der Waals surface area contributed by atoms with Crippen molar-refractivity contribution in [3.05, 3.63) is 64.1 Å². The van der Waals surface area contributed by atoms with Crippen LogP contribution in [-0.2, 0) is 18.4 Å². The minimum Gasteiger partial charge on any atom is -0.335 e. The van der Waals surface area contributed by atoms with Gasteiger partial charge in [-0.25, -0.2) is 4.68 Å². The molecule has 27 heavy (non-hydrogen) atoms. The van der Waals surface area contributed by atoms with E-state index in [2.05, 4.69) is 5.10 Å². The fourth-order valence-corrected chi connectivity index (χ4v) is 3.33. The first-order chi connectivity index (χ1) is 13.0. The van der Waals surface area contributed by atoms with Crippen LogP contribution in [0.4, 0.5) is 0 Å². The zero-order valence-electron chi connectivity index (χ0n) is 15.7. The van der Waals surface area contributed by atoms with Crippen molar-refractivity contribution in [2.45, 2.75) is 32.4 Å². The highest BCUT2D eigenvalue weighted by Gasteiger charge is 2.31. The Morgan fingerprint density at radius 2 is 1.89 bits per heavy atom. The number of hydrogen-bond donors (Lipinski definition) is 0. The maximum Gasteiger partial charge on any atom is 0.274 e. The van der Waals surface area contributed by atoms with Gasteiger partial charge in [0.2, 0.25) is 5.91 Å². The molecule has 142 valence electrons. The summed E-state index contributed by atoms with van der Waals surface area (Å²) < 4.78 is 1.15. The minimum atomic E-state index is -0.266. The van der Waals surface area contributed by atoms with Gasteiger partial charge in [-0.15, -0.1) is 0 Å². The van der Waals surface area contributed by atoms with Gasteiger partial charge in [0.05, 0.1) is 0 Å². The first kappa shape index (κ1) is 18.8. The van der Waals surface area contributed by atoms with Crippen LogP contribution in [0.2, 0.25) is 0 Å². The normalized spacial score (nSPS) is 17.7. The Hall–Kier alpha value is -2.96. The summed E-state index contributed by atoms with van der Waals surface area (Å²) in [4.78, 5) is 40.6. The largest absolute Gasteiger partial charge is 0.335 e. The molecule has 0 spiro atoms. The zero-order chi connectivity index (χ0) is 19.4. The number of nitrogens with zero attached hydrogens (tertiary/aromatic N) is 4. The minimum absolute atomic E-state index is 0.0504. The van der Waals surface area contributed by atoms with Crippen LogP contribution in [-0.4, -0.2) is 50.5 Å². The van der Waals surface area contributed by atoms with Crippen molar-refractivity contribution in [1.82, 2.24) is 19.6 Å². The number of carbonyl (C=O) groups is 2. The Balaban J connectivity index is 1.80. The van der Waals surface area contributed by atoms with E-state index in [1.54, 1.807) is 4.90 Å². The van der Waals surface area contributed by atoms with Crippen molar-refractivity contribution in [3.63, 3.8) is 0 Å². The van der Waals surface area contributed by atoms with Gasteiger partial charge in [0.1, 0.15) is 5.69 Å². The summed E-state index contributed by atoms with van der Waals surface area (Å²) in [6, 6.07) is 12.6. The highest BCUT2D eigenvalue weighted by Crippen LogP contribution is 2.18. The number of benzene rings is 1. The Bertz CT molecular complexity index is 878. The molecule has 1 fully saturated rings. The molecule has 2 amide bonds. The predicted octanol–water partition coefficient (Wildman–Crippen LogP) is 1.43. The summed E-state index contributed by atoms with van der Waals surface area (Å²) in [5.74, 6) is -0.201. The lowest BCUT2D eigenvalue weighted by atomic mass is 10.1. The standard InChI is InChI=1S/C20H24N4O3/c1-3-16-14-23(20(27)17-9-10-18(25)22(2)21-17)12-11-19(26)24(16)13-15-7-5-4-6-8-15/h4-10,16H,3,11-14H2,1-2H3. The number of aromatic nitrogens is 2. The first-order valence-corrected chi connectivity index (χ1v) is 9.16. The second kappa shape index (κ2) is 8.16. The molecule has 0 radical (unpaired) electrons. The Kier molecular flexibility index (Phi) is 5.69. The summed E-state index contributed by atoms with van der Waals surface area (Å²) in [7, 11) is 1.52. The highest BCUT2D eigenvalue weighted by molar-refractivity contribution is 5.92. The molecular formula is C20H24N4O3. The van der Waals surface area contributed by atoms with Gasteiger partial charge in [0.15, 0.2) is 0 Å². The van der Waals surface area contributed by atoms with Crippen LogP contribution in [0.25, 0.3) is 0 Å². The van der Waals surface area contributed by atoms with Gasteiger partial charge in [-0.1, -0.05) is 37.3 Å². The van der Waals surface area contributed by atoms with Crippen molar-refractivity contribution in [2.24, 2.45) is 7.05 Å². The van der Waals surface area contributed by atoms with Crippen LogP contribution >= 0.6 is 0 Å². The molecule has 0 N–H and O–H groups in total. The number of amides is 2. The van der Waals surface area contributed by atoms with E-state index in [-0.39, 0.29) is 35.5 Å². The third kappa shape index (κ3) is 4.24. The Labute approximate surface area is 158 Å². The molecular weight excluding hydrogens is 344 g/mol. The molecule has 0 bridgehead atoms. The van der Waals surface area contributed by atoms with E-state index in [4.69, 9.17) is 0 Å². The number of aryl methyl sites for hydroxylation is 1. The van der Waals surface area contributed by atoms with E-state index in [1.165, 1.54) is 19.2 Å². The molecule has 1 aromatic carbocycles. The number of hydrogen-bond acceptors (Lipinski definition) is 4. The SMILES string of the molecule is CCC1CN(C(=O)c2ccc(=O)n(C)n2)CCC(=O)N1Cc1ccccc1. The summed E-state index contributed by atoms with van der Waals surface area (Å²) >= 11 is 0. The molecule has 7 heteroatoms. The molecule has 3 rings (SSSR count). The van der Waals surface area contributed by atoms with Crippen LogP contribution in [0.5, 0.6) is 0 Å². The van der Waals surface area contributed by atoms with Crippen LogP contribution in [0.3, 0.4) is 0 Å². The fraction of sp³-hybridized carbons (Fsp3) is 0.400. The lowest BCUT2D eigenvalue weighted by Gasteiger charge is -2.31. The molecule has 7 nitrogen and oxygen atoms in total. The highest BCUT2D eigenvalue weighted by atomic mass is 16.2. The van der Waals surface area contributed by atoms with Crippen LogP contribution in [0, 0.1) is 0 Å². The Morgan fingerprint density at radius 1 is 1.15 bits per heavy atom. The van der Waals surface area contributed by atoms with Crippen molar-refractivity contribution in [1.29, 1.82) is 0 Å². The van der Waals surface area contributed by atoms with E-state index in [9.17, 15) is 14.4 Å². The lowest BCUT2D eigenvalue weighted by Crippen LogP contribution is -2.44. The Morgan fingerprint density at radius 3 is 2.56 bits per heavy atom. The summed E-state index contributed by atoms with van der Waals surface area (Å²) in [5, 5.41) is 4.05. The van der Waals surface area contributed by atoms with Crippen LogP contribution in [0.15, 0.2) is 47.3 Å². The molecule has 1 aliphatic rings. The summed E-state index contributed by atoms with van der Waals surface area (Å²) in [6.45, 7) is 3.37. The maximum atomic E-state index is 12.9. The van der Waals surface area contributed by atoms with Crippen molar-refractivity contribution in [2.75, 3.05) is 13.1 Å². The number of rotatable bonds is 4. The third-order valence-electron chi connectivity index (χ3n) is 4.92. The van der Waals surface area contributed by atoms with Gasteiger partial charge in [0, 0.05) is 45.2 Å². The molecule has 1 aliphatic heterocycles. The molecule has 2 heterocycles. The van der Waals surface area contributed by atoms with Gasteiger partial charge in [-0.05, 0) is 18.1 Å². The van der Waals surface area contributed by atoms with Gasteiger partial charge in [-0.2, -0.15) is 5.10 Å². The van der Waals surface area contributed by atoms with E-state index in [0.717, 1.165) is 16.7 Å². The molecule has 1 aromatic heterocycles. The molecule has 1 atom stereocenters. The second-order valence-corrected chi connectivity index (χ2v) is 6.75. The maximum absolute atomic E-state index is 12.9. The van der Waals surface area contributed by atoms with Gasteiger partial charge in [0.25, 0.3) is 11.5 Å². The quantitative estimate of drug-likeness (QED) is 0.818. The van der Waals surface area contributed by atoms with Crippen LogP contribution in [0.1, 0.15) is 35.8 Å². The van der Waals surface area contributed by atoms with E-state index in [0.29, 0.717) is 19.6 Å². The molecule has 2 aromatic rings. The first-order valence-electron chi connectivity index (χ1n) is 9.16. The van der Waals surface area contributed by atoms with E-state index >= 15 is 0 Å².